The van der Waals surface area contributed by atoms with Crippen LogP contribution < -0.4 is 5.73 Å². The lowest BCUT2D eigenvalue weighted by Crippen LogP contribution is -2.46. The Bertz CT molecular complexity index is 301. The van der Waals surface area contributed by atoms with E-state index in [9.17, 15) is 18.0 Å². The molecule has 0 unspecified atom stereocenters. The molecule has 1 rings (SSSR count). The summed E-state index contributed by atoms with van der Waals surface area (Å²) in [5, 5.41) is 0. The molecule has 1 amide bonds. The third-order valence-electron chi connectivity index (χ3n) is 3.19. The molecule has 19 heavy (non-hydrogen) atoms. The van der Waals surface area contributed by atoms with Crippen molar-refractivity contribution in [2.24, 2.45) is 17.6 Å². The van der Waals surface area contributed by atoms with Gasteiger partial charge in [-0.3, -0.25) is 4.79 Å². The van der Waals surface area contributed by atoms with Gasteiger partial charge in [-0.25, -0.2) is 0 Å². The van der Waals surface area contributed by atoms with Gasteiger partial charge >= 0.3 is 6.18 Å². The molecule has 0 aromatic heterocycles. The molecule has 3 nitrogen and oxygen atoms in total. The summed E-state index contributed by atoms with van der Waals surface area (Å²) in [6, 6.07) is -0.688. The molecular formula is C13H23F3N2O. The lowest BCUT2D eigenvalue weighted by Gasteiger charge is -2.27. The van der Waals surface area contributed by atoms with Crippen LogP contribution in [0.5, 0.6) is 0 Å². The molecule has 0 bridgehead atoms. The Morgan fingerprint density at radius 3 is 2.37 bits per heavy atom. The monoisotopic (exact) mass is 280 g/mol. The van der Waals surface area contributed by atoms with Crippen LogP contribution in [0.15, 0.2) is 0 Å². The quantitative estimate of drug-likeness (QED) is 0.779. The first-order chi connectivity index (χ1) is 8.69. The van der Waals surface area contributed by atoms with Crippen LogP contribution in [-0.2, 0) is 4.79 Å². The van der Waals surface area contributed by atoms with Crippen molar-refractivity contribution in [3.63, 3.8) is 0 Å². The van der Waals surface area contributed by atoms with Gasteiger partial charge in [-0.05, 0) is 31.1 Å². The minimum Gasteiger partial charge on any atom is -0.341 e. The predicted molar refractivity (Wildman–Crippen MR) is 67.4 cm³/mol. The summed E-state index contributed by atoms with van der Waals surface area (Å²) < 4.78 is 36.8. The number of hydrogen-bond donors (Lipinski definition) is 1. The standard InChI is InChI=1S/C13H23F3N2O/c1-9(2)7-11(17)12(19)18(8-10-3-4-10)6-5-13(14,15)16/h9-11H,3-8,17H2,1-2H3/t11-/m0/s1. The van der Waals surface area contributed by atoms with Crippen molar-refractivity contribution in [1.82, 2.24) is 4.90 Å². The van der Waals surface area contributed by atoms with Crippen LogP contribution in [0.4, 0.5) is 13.2 Å². The molecule has 1 saturated carbocycles. The van der Waals surface area contributed by atoms with E-state index in [1.54, 1.807) is 0 Å². The Labute approximate surface area is 112 Å². The highest BCUT2D eigenvalue weighted by molar-refractivity contribution is 5.81. The number of nitrogens with two attached hydrogens (primary N) is 1. The summed E-state index contributed by atoms with van der Waals surface area (Å²) in [4.78, 5) is 13.4. The smallest absolute Gasteiger partial charge is 0.341 e. The first kappa shape index (κ1) is 16.3. The zero-order chi connectivity index (χ0) is 14.6. The van der Waals surface area contributed by atoms with Gasteiger partial charge in [-0.2, -0.15) is 13.2 Å². The van der Waals surface area contributed by atoms with E-state index in [-0.39, 0.29) is 18.4 Å². The van der Waals surface area contributed by atoms with Crippen LogP contribution in [0.2, 0.25) is 0 Å². The fourth-order valence-electron chi connectivity index (χ4n) is 2.01. The maximum absolute atomic E-state index is 12.3. The van der Waals surface area contributed by atoms with Gasteiger partial charge in [0.2, 0.25) is 5.91 Å². The number of amides is 1. The Kier molecular flexibility index (Phi) is 5.64. The minimum absolute atomic E-state index is 0.254. The largest absolute Gasteiger partial charge is 0.390 e. The number of carbonyl (C=O) groups is 1. The minimum atomic E-state index is -4.23. The zero-order valence-electron chi connectivity index (χ0n) is 11.5. The lowest BCUT2D eigenvalue weighted by molar-refractivity contribution is -0.146. The van der Waals surface area contributed by atoms with Gasteiger partial charge in [0, 0.05) is 13.1 Å². The molecule has 1 atom stereocenters. The summed E-state index contributed by atoms with van der Waals surface area (Å²) in [5.74, 6) is 0.276. The molecule has 0 aliphatic heterocycles. The molecule has 0 aromatic carbocycles. The molecule has 1 aliphatic rings. The van der Waals surface area contributed by atoms with Crippen LogP contribution in [0, 0.1) is 11.8 Å². The second kappa shape index (κ2) is 6.59. The Morgan fingerprint density at radius 2 is 1.95 bits per heavy atom. The molecule has 0 saturated heterocycles. The van der Waals surface area contributed by atoms with Crippen molar-refractivity contribution in [2.75, 3.05) is 13.1 Å². The molecule has 1 aliphatic carbocycles. The summed E-state index contributed by atoms with van der Waals surface area (Å²) in [6.45, 7) is 4.02. The Hall–Kier alpha value is -0.780. The Morgan fingerprint density at radius 1 is 1.37 bits per heavy atom. The van der Waals surface area contributed by atoms with Crippen LogP contribution in [0.1, 0.15) is 39.5 Å². The maximum Gasteiger partial charge on any atom is 0.390 e. The van der Waals surface area contributed by atoms with Crippen molar-refractivity contribution in [3.05, 3.63) is 0 Å². The first-order valence-corrected chi connectivity index (χ1v) is 6.80. The van der Waals surface area contributed by atoms with Gasteiger partial charge in [0.15, 0.2) is 0 Å². The third-order valence-corrected chi connectivity index (χ3v) is 3.19. The number of alkyl halides is 3. The van der Waals surface area contributed by atoms with Crippen LogP contribution in [-0.4, -0.2) is 36.1 Å². The number of hydrogen-bond acceptors (Lipinski definition) is 2. The lowest BCUT2D eigenvalue weighted by atomic mass is 10.0. The molecular weight excluding hydrogens is 257 g/mol. The summed E-state index contributed by atoms with van der Waals surface area (Å²) in [7, 11) is 0. The third kappa shape index (κ3) is 6.80. The highest BCUT2D eigenvalue weighted by Crippen LogP contribution is 2.30. The van der Waals surface area contributed by atoms with Gasteiger partial charge in [0.05, 0.1) is 12.5 Å². The molecule has 0 radical (unpaired) electrons. The molecule has 0 heterocycles. The molecule has 0 aromatic rings. The molecule has 2 N–H and O–H groups in total. The van der Waals surface area contributed by atoms with E-state index < -0.39 is 18.6 Å². The Balaban J connectivity index is 2.53. The normalized spacial score (nSPS) is 17.6. The van der Waals surface area contributed by atoms with Gasteiger partial charge in [-0.1, -0.05) is 13.8 Å². The van der Waals surface area contributed by atoms with Crippen LogP contribution >= 0.6 is 0 Å². The average Bonchev–Trinajstić information content (AvgIpc) is 3.04. The molecule has 112 valence electrons. The molecule has 1 fully saturated rings. The van der Waals surface area contributed by atoms with Gasteiger partial charge in [0.1, 0.15) is 0 Å². The molecule has 0 spiro atoms. The highest BCUT2D eigenvalue weighted by Gasteiger charge is 2.33. The van der Waals surface area contributed by atoms with E-state index in [2.05, 4.69) is 0 Å². The topological polar surface area (TPSA) is 46.3 Å². The number of rotatable bonds is 7. The summed E-state index contributed by atoms with van der Waals surface area (Å²) in [5.41, 5.74) is 5.78. The second-order valence-electron chi connectivity index (χ2n) is 5.83. The fraction of sp³-hybridized carbons (Fsp3) is 0.923. The first-order valence-electron chi connectivity index (χ1n) is 6.80. The van der Waals surface area contributed by atoms with Gasteiger partial charge < -0.3 is 10.6 Å². The van der Waals surface area contributed by atoms with E-state index in [1.165, 1.54) is 4.90 Å². The maximum atomic E-state index is 12.3. The van der Waals surface area contributed by atoms with E-state index in [4.69, 9.17) is 5.73 Å². The summed E-state index contributed by atoms with van der Waals surface area (Å²) in [6.07, 6.45) is -2.69. The van der Waals surface area contributed by atoms with Crippen molar-refractivity contribution in [1.29, 1.82) is 0 Å². The highest BCUT2D eigenvalue weighted by atomic mass is 19.4. The summed E-state index contributed by atoms with van der Waals surface area (Å²) >= 11 is 0. The number of carbonyl (C=O) groups excluding carboxylic acids is 1. The van der Waals surface area contributed by atoms with E-state index in [1.807, 2.05) is 13.8 Å². The number of halogens is 3. The van der Waals surface area contributed by atoms with Crippen molar-refractivity contribution in [2.45, 2.75) is 51.7 Å². The predicted octanol–water partition coefficient (Wildman–Crippen LogP) is 2.55. The zero-order valence-corrected chi connectivity index (χ0v) is 11.5. The molecule has 6 heteroatoms. The second-order valence-corrected chi connectivity index (χ2v) is 5.83. The SMILES string of the molecule is CC(C)C[C@H](N)C(=O)N(CCC(F)(F)F)CC1CC1. The average molecular weight is 280 g/mol. The van der Waals surface area contributed by atoms with Gasteiger partial charge in [0.25, 0.3) is 0 Å². The van der Waals surface area contributed by atoms with E-state index >= 15 is 0 Å². The van der Waals surface area contributed by atoms with Crippen LogP contribution in [0.3, 0.4) is 0 Å². The van der Waals surface area contributed by atoms with Gasteiger partial charge in [-0.15, -0.1) is 0 Å². The van der Waals surface area contributed by atoms with Crippen LogP contribution in [0.25, 0.3) is 0 Å². The van der Waals surface area contributed by atoms with Crippen molar-refractivity contribution >= 4 is 5.91 Å². The fourth-order valence-corrected chi connectivity index (χ4v) is 2.01. The van der Waals surface area contributed by atoms with E-state index in [0.29, 0.717) is 18.9 Å². The van der Waals surface area contributed by atoms with Crippen molar-refractivity contribution < 1.29 is 18.0 Å². The van der Waals surface area contributed by atoms with E-state index in [0.717, 1.165) is 12.8 Å². The van der Waals surface area contributed by atoms with Crippen molar-refractivity contribution in [3.8, 4) is 0 Å². The number of nitrogens with zero attached hydrogens (tertiary/aromatic N) is 1.